The molecule has 21 heavy (non-hydrogen) atoms. The van der Waals surface area contributed by atoms with E-state index in [1.807, 2.05) is 38.3 Å². The van der Waals surface area contributed by atoms with Crippen molar-refractivity contribution in [2.24, 2.45) is 0 Å². The molecule has 0 aliphatic heterocycles. The van der Waals surface area contributed by atoms with Crippen molar-refractivity contribution >= 4 is 17.2 Å². The molecule has 0 aromatic carbocycles. The van der Waals surface area contributed by atoms with Crippen LogP contribution in [0.1, 0.15) is 53.3 Å². The van der Waals surface area contributed by atoms with Crippen LogP contribution in [-0.2, 0) is 5.60 Å². The summed E-state index contributed by atoms with van der Waals surface area (Å²) >= 11 is 1.47. The van der Waals surface area contributed by atoms with Crippen LogP contribution >= 0.6 is 11.3 Å². The van der Waals surface area contributed by atoms with Gasteiger partial charge in [0.05, 0.1) is 17.8 Å². The molecule has 1 unspecified atom stereocenters. The Kier molecular flexibility index (Phi) is 4.49. The van der Waals surface area contributed by atoms with E-state index in [-0.39, 0.29) is 18.4 Å². The average molecular weight is 307 g/mol. The maximum atomic E-state index is 12.4. The Morgan fingerprint density at radius 1 is 1.57 bits per heavy atom. The molecular weight excluding hydrogens is 286 g/mol. The van der Waals surface area contributed by atoms with Crippen LogP contribution in [0.4, 0.5) is 0 Å². The van der Waals surface area contributed by atoms with Gasteiger partial charge >= 0.3 is 0 Å². The van der Waals surface area contributed by atoms with Crippen LogP contribution < -0.4 is 5.32 Å². The van der Waals surface area contributed by atoms with E-state index in [1.165, 1.54) is 11.3 Å². The van der Waals surface area contributed by atoms with Crippen LogP contribution in [0.5, 0.6) is 0 Å². The van der Waals surface area contributed by atoms with Gasteiger partial charge in [-0.25, -0.2) is 0 Å². The van der Waals surface area contributed by atoms with Crippen LogP contribution in [0.15, 0.2) is 17.5 Å². The Labute approximate surface area is 128 Å². The monoisotopic (exact) mass is 307 g/mol. The molecule has 0 aliphatic rings. The Morgan fingerprint density at radius 3 is 2.86 bits per heavy atom. The third-order valence-electron chi connectivity index (χ3n) is 3.39. The second kappa shape index (κ2) is 5.99. The topological polar surface area (TPSA) is 78.0 Å². The molecule has 2 aromatic rings. The summed E-state index contributed by atoms with van der Waals surface area (Å²) in [4.78, 5) is 13.2. The van der Waals surface area contributed by atoms with Gasteiger partial charge in [-0.05, 0) is 31.2 Å². The van der Waals surface area contributed by atoms with Gasteiger partial charge in [-0.1, -0.05) is 19.9 Å². The fourth-order valence-electron chi connectivity index (χ4n) is 2.17. The van der Waals surface area contributed by atoms with Gasteiger partial charge in [-0.3, -0.25) is 9.89 Å². The zero-order valence-corrected chi connectivity index (χ0v) is 13.5. The number of thiophene rings is 1. The molecule has 0 fully saturated rings. The molecule has 0 saturated carbocycles. The Hall–Kier alpha value is -1.66. The maximum absolute atomic E-state index is 12.4. The van der Waals surface area contributed by atoms with E-state index in [0.717, 1.165) is 16.3 Å². The number of hydrogen-bond donors (Lipinski definition) is 3. The molecule has 1 atom stereocenters. The lowest BCUT2D eigenvalue weighted by Gasteiger charge is -2.22. The number of aliphatic hydroxyl groups is 1. The highest BCUT2D eigenvalue weighted by molar-refractivity contribution is 7.10. The van der Waals surface area contributed by atoms with Gasteiger partial charge < -0.3 is 10.4 Å². The SMILES string of the molecule is Cc1[nH]nc(C(C)C)c1C(=O)NCC(C)(O)c1cccs1. The summed E-state index contributed by atoms with van der Waals surface area (Å²) in [5.74, 6) is -0.0460. The predicted octanol–water partition coefficient (Wildman–Crippen LogP) is 2.54. The first-order chi connectivity index (χ1) is 9.83. The van der Waals surface area contributed by atoms with Crippen molar-refractivity contribution < 1.29 is 9.90 Å². The van der Waals surface area contributed by atoms with Gasteiger partial charge in [0.2, 0.25) is 0 Å². The van der Waals surface area contributed by atoms with Gasteiger partial charge in [-0.2, -0.15) is 5.10 Å². The molecule has 0 saturated heterocycles. The van der Waals surface area contributed by atoms with Gasteiger partial charge in [0.1, 0.15) is 5.60 Å². The van der Waals surface area contributed by atoms with E-state index in [9.17, 15) is 9.90 Å². The van der Waals surface area contributed by atoms with Gasteiger partial charge in [0.15, 0.2) is 0 Å². The second-order valence-electron chi connectivity index (χ2n) is 5.70. The molecular formula is C15H21N3O2S. The fraction of sp³-hybridized carbons (Fsp3) is 0.467. The highest BCUT2D eigenvalue weighted by atomic mass is 32.1. The van der Waals surface area contributed by atoms with Crippen molar-refractivity contribution in [2.75, 3.05) is 6.54 Å². The second-order valence-corrected chi connectivity index (χ2v) is 6.65. The standard InChI is InChI=1S/C15H21N3O2S/c1-9(2)13-12(10(3)17-18-13)14(19)16-8-15(4,20)11-6-5-7-21-11/h5-7,9,20H,8H2,1-4H3,(H,16,19)(H,17,18). The van der Waals surface area contributed by atoms with Crippen LogP contribution in [0.2, 0.25) is 0 Å². The molecule has 1 amide bonds. The number of aromatic nitrogens is 2. The van der Waals surface area contributed by atoms with Crippen LogP contribution in [-0.4, -0.2) is 27.8 Å². The highest BCUT2D eigenvalue weighted by Gasteiger charge is 2.27. The minimum absolute atomic E-state index is 0.161. The number of carbonyl (C=O) groups is 1. The van der Waals surface area contributed by atoms with Gasteiger partial charge in [-0.15, -0.1) is 11.3 Å². The number of nitrogens with one attached hydrogen (secondary N) is 2. The quantitative estimate of drug-likeness (QED) is 0.794. The van der Waals surface area contributed by atoms with E-state index < -0.39 is 5.60 Å². The van der Waals surface area contributed by atoms with Gasteiger partial charge in [0.25, 0.3) is 5.91 Å². The van der Waals surface area contributed by atoms with E-state index in [4.69, 9.17) is 0 Å². The Bertz CT molecular complexity index is 615. The number of carbonyl (C=O) groups excluding carboxylic acids is 1. The summed E-state index contributed by atoms with van der Waals surface area (Å²) in [5, 5.41) is 22.2. The van der Waals surface area contributed by atoms with E-state index in [1.54, 1.807) is 6.92 Å². The number of hydrogen-bond acceptors (Lipinski definition) is 4. The first kappa shape index (κ1) is 15.7. The summed E-state index contributed by atoms with van der Waals surface area (Å²) in [6.45, 7) is 7.67. The molecule has 2 rings (SSSR count). The third kappa shape index (κ3) is 3.33. The normalized spacial score (nSPS) is 14.2. The zero-order chi connectivity index (χ0) is 15.6. The number of amides is 1. The first-order valence-electron chi connectivity index (χ1n) is 6.92. The highest BCUT2D eigenvalue weighted by Crippen LogP contribution is 2.25. The Balaban J connectivity index is 2.11. The smallest absolute Gasteiger partial charge is 0.255 e. The van der Waals surface area contributed by atoms with Crippen molar-refractivity contribution in [1.82, 2.24) is 15.5 Å². The third-order valence-corrected chi connectivity index (χ3v) is 4.52. The number of rotatable bonds is 5. The number of aromatic amines is 1. The lowest BCUT2D eigenvalue weighted by atomic mass is 10.0. The molecule has 0 spiro atoms. The van der Waals surface area contributed by atoms with E-state index in [2.05, 4.69) is 15.5 Å². The number of aryl methyl sites for hydroxylation is 1. The van der Waals surface area contributed by atoms with Crippen molar-refractivity contribution in [3.05, 3.63) is 39.3 Å². The van der Waals surface area contributed by atoms with Crippen molar-refractivity contribution in [2.45, 2.75) is 39.2 Å². The summed E-state index contributed by atoms with van der Waals surface area (Å²) in [6, 6.07) is 3.74. The summed E-state index contributed by atoms with van der Waals surface area (Å²) in [5.41, 5.74) is 0.999. The summed E-state index contributed by atoms with van der Waals surface area (Å²) < 4.78 is 0. The zero-order valence-electron chi connectivity index (χ0n) is 12.7. The molecule has 2 heterocycles. The van der Waals surface area contributed by atoms with Crippen molar-refractivity contribution in [3.8, 4) is 0 Å². The van der Waals surface area contributed by atoms with Crippen LogP contribution in [0.3, 0.4) is 0 Å². The predicted molar refractivity (Wildman–Crippen MR) is 83.6 cm³/mol. The molecule has 3 N–H and O–H groups in total. The van der Waals surface area contributed by atoms with Crippen molar-refractivity contribution in [1.29, 1.82) is 0 Å². The lowest BCUT2D eigenvalue weighted by molar-refractivity contribution is 0.0556. The van der Waals surface area contributed by atoms with E-state index in [0.29, 0.717) is 5.56 Å². The fourth-order valence-corrected chi connectivity index (χ4v) is 2.95. The lowest BCUT2D eigenvalue weighted by Crippen LogP contribution is -2.38. The molecule has 2 aromatic heterocycles. The molecule has 0 aliphatic carbocycles. The van der Waals surface area contributed by atoms with Gasteiger partial charge in [0, 0.05) is 10.6 Å². The number of nitrogens with zero attached hydrogens (tertiary/aromatic N) is 1. The first-order valence-corrected chi connectivity index (χ1v) is 7.80. The van der Waals surface area contributed by atoms with E-state index >= 15 is 0 Å². The average Bonchev–Trinajstić information content (AvgIpc) is 3.05. The van der Waals surface area contributed by atoms with Crippen LogP contribution in [0.25, 0.3) is 0 Å². The molecule has 0 radical (unpaired) electrons. The maximum Gasteiger partial charge on any atom is 0.255 e. The minimum Gasteiger partial charge on any atom is -0.383 e. The molecule has 114 valence electrons. The summed E-state index contributed by atoms with van der Waals surface area (Å²) in [6.07, 6.45) is 0. The molecule has 5 nitrogen and oxygen atoms in total. The minimum atomic E-state index is -1.07. The Morgan fingerprint density at radius 2 is 2.29 bits per heavy atom. The number of H-pyrrole nitrogens is 1. The summed E-state index contributed by atoms with van der Waals surface area (Å²) in [7, 11) is 0. The molecule has 0 bridgehead atoms. The van der Waals surface area contributed by atoms with Crippen molar-refractivity contribution in [3.63, 3.8) is 0 Å². The molecule has 6 heteroatoms. The van der Waals surface area contributed by atoms with Crippen LogP contribution in [0, 0.1) is 6.92 Å². The largest absolute Gasteiger partial charge is 0.383 e.